The van der Waals surface area contributed by atoms with Crippen molar-refractivity contribution < 1.29 is 24.2 Å². The van der Waals surface area contributed by atoms with Crippen LogP contribution in [0.5, 0.6) is 5.75 Å². The van der Waals surface area contributed by atoms with Gasteiger partial charge >= 0.3 is 11.9 Å². The predicted molar refractivity (Wildman–Crippen MR) is 115 cm³/mol. The summed E-state index contributed by atoms with van der Waals surface area (Å²) in [5.41, 5.74) is 0.129. The van der Waals surface area contributed by atoms with Crippen LogP contribution in [0.3, 0.4) is 0 Å². The van der Waals surface area contributed by atoms with E-state index in [2.05, 4.69) is 6.07 Å². The number of aromatic hydroxyl groups is 1. The molecule has 1 unspecified atom stereocenters. The van der Waals surface area contributed by atoms with Gasteiger partial charge in [-0.3, -0.25) is 9.59 Å². The Morgan fingerprint density at radius 1 is 0.967 bits per heavy atom. The van der Waals surface area contributed by atoms with Gasteiger partial charge in [-0.05, 0) is 52.5 Å². The third kappa shape index (κ3) is 5.98. The SMILES string of the molecule is COC(=O)CCCC(C#N)(CC(=O)OC)c1cc(C(C)(C)C)c(O)c(C(C)(C)C)c1. The fraction of sp³-hybridized carbons (Fsp3) is 0.625. The lowest BCUT2D eigenvalue weighted by molar-refractivity contribution is -0.141. The molecule has 1 aromatic rings. The second kappa shape index (κ2) is 9.51. The van der Waals surface area contributed by atoms with Crippen molar-refractivity contribution in [1.82, 2.24) is 0 Å². The van der Waals surface area contributed by atoms with E-state index in [9.17, 15) is 20.0 Å². The van der Waals surface area contributed by atoms with Crippen LogP contribution in [-0.2, 0) is 35.3 Å². The predicted octanol–water partition coefficient (Wildman–Crippen LogP) is 4.65. The summed E-state index contributed by atoms with van der Waals surface area (Å²) in [4.78, 5) is 23.8. The van der Waals surface area contributed by atoms with Gasteiger partial charge < -0.3 is 14.6 Å². The number of carbonyl (C=O) groups excluding carboxylic acids is 2. The van der Waals surface area contributed by atoms with Gasteiger partial charge in [0.15, 0.2) is 0 Å². The maximum Gasteiger partial charge on any atom is 0.307 e. The van der Waals surface area contributed by atoms with E-state index >= 15 is 0 Å². The smallest absolute Gasteiger partial charge is 0.307 e. The molecular weight excluding hydrogens is 382 g/mol. The van der Waals surface area contributed by atoms with E-state index < -0.39 is 11.4 Å². The highest BCUT2D eigenvalue weighted by Gasteiger charge is 2.38. The van der Waals surface area contributed by atoms with Crippen molar-refractivity contribution in [1.29, 1.82) is 5.26 Å². The third-order valence-electron chi connectivity index (χ3n) is 5.38. The van der Waals surface area contributed by atoms with Gasteiger partial charge in [0, 0.05) is 6.42 Å². The van der Waals surface area contributed by atoms with Crippen molar-refractivity contribution in [2.75, 3.05) is 14.2 Å². The summed E-state index contributed by atoms with van der Waals surface area (Å²) in [5, 5.41) is 21.2. The standard InChI is InChI=1S/C24H35NO5/c1-22(2,3)17-12-16(13-18(21(17)28)23(4,5)6)24(15-25,14-20(27)30-8)11-9-10-19(26)29-7/h12-13,28H,9-11,14H2,1-8H3. The maximum atomic E-state index is 12.2. The lowest BCUT2D eigenvalue weighted by Crippen LogP contribution is -2.30. The molecular formula is C24H35NO5. The maximum absolute atomic E-state index is 12.2. The Morgan fingerprint density at radius 2 is 1.43 bits per heavy atom. The van der Waals surface area contributed by atoms with Gasteiger partial charge in [0.25, 0.3) is 0 Å². The average Bonchev–Trinajstić information content (AvgIpc) is 2.65. The number of ether oxygens (including phenoxy) is 2. The highest BCUT2D eigenvalue weighted by molar-refractivity contribution is 5.73. The summed E-state index contributed by atoms with van der Waals surface area (Å²) in [5.74, 6) is -0.660. The lowest BCUT2D eigenvalue weighted by atomic mass is 9.70. The molecule has 0 saturated heterocycles. The van der Waals surface area contributed by atoms with Gasteiger partial charge in [-0.15, -0.1) is 0 Å². The number of phenols is 1. The van der Waals surface area contributed by atoms with Crippen molar-refractivity contribution in [2.24, 2.45) is 0 Å². The minimum absolute atomic E-state index is 0.140. The third-order valence-corrected chi connectivity index (χ3v) is 5.38. The minimum Gasteiger partial charge on any atom is -0.507 e. The highest BCUT2D eigenvalue weighted by Crippen LogP contribution is 2.44. The first-order valence-corrected chi connectivity index (χ1v) is 10.1. The largest absolute Gasteiger partial charge is 0.507 e. The summed E-state index contributed by atoms with van der Waals surface area (Å²) in [6, 6.07) is 5.96. The van der Waals surface area contributed by atoms with Crippen molar-refractivity contribution in [3.8, 4) is 11.8 Å². The molecule has 0 heterocycles. The number of carbonyl (C=O) groups is 2. The molecule has 30 heavy (non-hydrogen) atoms. The summed E-state index contributed by atoms with van der Waals surface area (Å²) in [6.45, 7) is 11.9. The molecule has 1 rings (SSSR count). The number of hydrogen-bond donors (Lipinski definition) is 1. The van der Waals surface area contributed by atoms with Crippen LogP contribution in [0.15, 0.2) is 12.1 Å². The van der Waals surface area contributed by atoms with E-state index in [-0.39, 0.29) is 41.8 Å². The molecule has 0 aromatic heterocycles. The van der Waals surface area contributed by atoms with E-state index in [1.165, 1.54) is 14.2 Å². The number of phenolic OH excluding ortho intramolecular Hbond substituents is 1. The monoisotopic (exact) mass is 417 g/mol. The van der Waals surface area contributed by atoms with E-state index in [1.807, 2.05) is 53.7 Å². The molecule has 0 fully saturated rings. The molecule has 6 nitrogen and oxygen atoms in total. The number of methoxy groups -OCH3 is 2. The second-order valence-electron chi connectivity index (χ2n) is 9.80. The Kier molecular flexibility index (Phi) is 8.08. The van der Waals surface area contributed by atoms with Crippen LogP contribution < -0.4 is 0 Å². The Bertz CT molecular complexity index is 788. The molecule has 1 atom stereocenters. The lowest BCUT2D eigenvalue weighted by Gasteiger charge is -2.32. The van der Waals surface area contributed by atoms with Gasteiger partial charge in [0.1, 0.15) is 5.75 Å². The first-order valence-electron chi connectivity index (χ1n) is 10.1. The van der Waals surface area contributed by atoms with E-state index in [0.29, 0.717) is 23.1 Å². The summed E-state index contributed by atoms with van der Waals surface area (Å²) < 4.78 is 9.57. The number of nitriles is 1. The fourth-order valence-corrected chi connectivity index (χ4v) is 3.50. The van der Waals surface area contributed by atoms with Crippen molar-refractivity contribution >= 4 is 11.9 Å². The molecule has 0 bridgehead atoms. The number of rotatable bonds is 7. The average molecular weight is 418 g/mol. The Labute approximate surface area is 180 Å². The summed E-state index contributed by atoms with van der Waals surface area (Å²) in [6.07, 6.45) is 0.677. The van der Waals surface area contributed by atoms with Gasteiger partial charge in [0.2, 0.25) is 0 Å². The van der Waals surface area contributed by atoms with Gasteiger partial charge in [-0.1, -0.05) is 41.5 Å². The number of nitrogens with zero attached hydrogens (tertiary/aromatic N) is 1. The molecule has 166 valence electrons. The van der Waals surface area contributed by atoms with Crippen LogP contribution in [0, 0.1) is 11.3 Å². The van der Waals surface area contributed by atoms with Crippen molar-refractivity contribution in [2.45, 2.75) is 83.5 Å². The van der Waals surface area contributed by atoms with Crippen LogP contribution in [0.4, 0.5) is 0 Å². The van der Waals surface area contributed by atoms with E-state index in [0.717, 1.165) is 0 Å². The van der Waals surface area contributed by atoms with Crippen LogP contribution in [0.2, 0.25) is 0 Å². The molecule has 1 N–H and O–H groups in total. The highest BCUT2D eigenvalue weighted by atomic mass is 16.5. The fourth-order valence-electron chi connectivity index (χ4n) is 3.50. The first kappa shape index (κ1) is 25.5. The topological polar surface area (TPSA) is 96.6 Å². The van der Waals surface area contributed by atoms with Gasteiger partial charge in [0.05, 0.1) is 32.1 Å². The van der Waals surface area contributed by atoms with Crippen molar-refractivity contribution in [3.05, 3.63) is 28.8 Å². The second-order valence-corrected chi connectivity index (χ2v) is 9.80. The minimum atomic E-state index is -1.19. The van der Waals surface area contributed by atoms with Crippen LogP contribution in [0.1, 0.15) is 83.9 Å². The molecule has 1 aromatic carbocycles. The zero-order chi connectivity index (χ0) is 23.3. The Hall–Kier alpha value is -2.55. The number of esters is 2. The molecule has 0 amide bonds. The zero-order valence-electron chi connectivity index (χ0n) is 19.5. The molecule has 0 saturated carbocycles. The molecule has 6 heteroatoms. The molecule has 0 spiro atoms. The number of hydrogen-bond acceptors (Lipinski definition) is 6. The quantitative estimate of drug-likeness (QED) is 0.648. The van der Waals surface area contributed by atoms with Crippen LogP contribution >= 0.6 is 0 Å². The Balaban J connectivity index is 3.70. The normalized spacial score (nSPS) is 13.8. The first-order chi connectivity index (χ1) is 13.7. The summed E-state index contributed by atoms with van der Waals surface area (Å²) >= 11 is 0. The molecule has 0 radical (unpaired) electrons. The van der Waals surface area contributed by atoms with Gasteiger partial charge in [-0.25, -0.2) is 0 Å². The molecule has 0 aliphatic carbocycles. The zero-order valence-corrected chi connectivity index (χ0v) is 19.5. The number of benzene rings is 1. The Morgan fingerprint density at radius 3 is 1.80 bits per heavy atom. The van der Waals surface area contributed by atoms with Crippen molar-refractivity contribution in [3.63, 3.8) is 0 Å². The van der Waals surface area contributed by atoms with Crippen LogP contribution in [0.25, 0.3) is 0 Å². The molecule has 0 aliphatic heterocycles. The van der Waals surface area contributed by atoms with Crippen LogP contribution in [-0.4, -0.2) is 31.3 Å². The summed E-state index contributed by atoms with van der Waals surface area (Å²) in [7, 11) is 2.61. The van der Waals surface area contributed by atoms with E-state index in [1.54, 1.807) is 0 Å². The van der Waals surface area contributed by atoms with Gasteiger partial charge in [-0.2, -0.15) is 5.26 Å². The van der Waals surface area contributed by atoms with E-state index in [4.69, 9.17) is 9.47 Å². The molecule has 0 aliphatic rings.